The highest BCUT2D eigenvalue weighted by Crippen LogP contribution is 2.17. The molecule has 4 heteroatoms. The van der Waals surface area contributed by atoms with Crippen molar-refractivity contribution >= 4 is 0 Å². The molecule has 19 heavy (non-hydrogen) atoms. The molecule has 0 saturated heterocycles. The van der Waals surface area contributed by atoms with Gasteiger partial charge in [0.15, 0.2) is 11.6 Å². The molecule has 0 aliphatic rings. The summed E-state index contributed by atoms with van der Waals surface area (Å²) in [4.78, 5) is 0. The van der Waals surface area contributed by atoms with Crippen LogP contribution in [0.4, 0.5) is 8.78 Å². The molecule has 0 bridgehead atoms. The lowest BCUT2D eigenvalue weighted by Gasteiger charge is -2.14. The van der Waals surface area contributed by atoms with Crippen LogP contribution in [0.25, 0.3) is 0 Å². The zero-order valence-electron chi connectivity index (χ0n) is 11.7. The standard InChI is InChI=1S/C15H23F2NO/c1-3-4-5-6-12(2)18-9-10-19-15-11-13(16)7-8-14(15)17/h7-8,11-12,18H,3-6,9-10H2,1-2H3. The Labute approximate surface area is 114 Å². The van der Waals surface area contributed by atoms with Crippen LogP contribution in [0.15, 0.2) is 18.2 Å². The Bertz CT molecular complexity index is 371. The topological polar surface area (TPSA) is 21.3 Å². The minimum absolute atomic E-state index is 0.0274. The van der Waals surface area contributed by atoms with Gasteiger partial charge in [-0.3, -0.25) is 0 Å². The molecular formula is C15H23F2NO. The number of rotatable bonds is 9. The summed E-state index contributed by atoms with van der Waals surface area (Å²) in [5.41, 5.74) is 0. The maximum atomic E-state index is 13.2. The summed E-state index contributed by atoms with van der Waals surface area (Å²) in [6.07, 6.45) is 4.80. The first-order chi connectivity index (χ1) is 9.13. The summed E-state index contributed by atoms with van der Waals surface area (Å²) in [5.74, 6) is -1.05. The average molecular weight is 271 g/mol. The third kappa shape index (κ3) is 6.53. The molecule has 0 spiro atoms. The Morgan fingerprint density at radius 1 is 1.26 bits per heavy atom. The fourth-order valence-electron chi connectivity index (χ4n) is 1.86. The van der Waals surface area contributed by atoms with Crippen molar-refractivity contribution in [3.63, 3.8) is 0 Å². The molecule has 0 saturated carbocycles. The Kier molecular flexibility index (Phi) is 7.41. The number of ether oxygens (including phenoxy) is 1. The van der Waals surface area contributed by atoms with E-state index in [1.54, 1.807) is 0 Å². The highest BCUT2D eigenvalue weighted by molar-refractivity contribution is 5.24. The number of halogens is 2. The van der Waals surface area contributed by atoms with Crippen LogP contribution >= 0.6 is 0 Å². The van der Waals surface area contributed by atoms with E-state index < -0.39 is 11.6 Å². The number of unbranched alkanes of at least 4 members (excludes halogenated alkanes) is 2. The Balaban J connectivity index is 2.18. The van der Waals surface area contributed by atoms with Gasteiger partial charge in [-0.05, 0) is 25.5 Å². The summed E-state index contributed by atoms with van der Waals surface area (Å²) < 4.78 is 31.4. The predicted molar refractivity (Wildman–Crippen MR) is 73.5 cm³/mol. The van der Waals surface area contributed by atoms with E-state index in [-0.39, 0.29) is 5.75 Å². The van der Waals surface area contributed by atoms with E-state index in [2.05, 4.69) is 19.2 Å². The molecule has 1 aromatic rings. The van der Waals surface area contributed by atoms with E-state index >= 15 is 0 Å². The van der Waals surface area contributed by atoms with Gasteiger partial charge >= 0.3 is 0 Å². The van der Waals surface area contributed by atoms with Crippen molar-refractivity contribution in [3.05, 3.63) is 29.8 Å². The summed E-state index contributed by atoms with van der Waals surface area (Å²) in [6, 6.07) is 3.65. The zero-order chi connectivity index (χ0) is 14.1. The zero-order valence-corrected chi connectivity index (χ0v) is 11.7. The van der Waals surface area contributed by atoms with Crippen LogP contribution in [-0.4, -0.2) is 19.2 Å². The molecule has 0 fully saturated rings. The summed E-state index contributed by atoms with van der Waals surface area (Å²) in [7, 11) is 0. The maximum Gasteiger partial charge on any atom is 0.165 e. The molecule has 0 radical (unpaired) electrons. The fourth-order valence-corrected chi connectivity index (χ4v) is 1.86. The average Bonchev–Trinajstić information content (AvgIpc) is 2.39. The van der Waals surface area contributed by atoms with Crippen molar-refractivity contribution in [2.75, 3.05) is 13.2 Å². The number of hydrogen-bond donors (Lipinski definition) is 1. The van der Waals surface area contributed by atoms with Crippen LogP contribution in [0.3, 0.4) is 0 Å². The molecule has 2 nitrogen and oxygen atoms in total. The van der Waals surface area contributed by atoms with Gasteiger partial charge in [0.25, 0.3) is 0 Å². The summed E-state index contributed by atoms with van der Waals surface area (Å²) >= 11 is 0. The molecule has 1 aromatic carbocycles. The molecule has 0 aliphatic heterocycles. The first kappa shape index (κ1) is 15.9. The van der Waals surface area contributed by atoms with Crippen LogP contribution in [0, 0.1) is 11.6 Å². The molecule has 0 aromatic heterocycles. The van der Waals surface area contributed by atoms with Gasteiger partial charge in [0.05, 0.1) is 0 Å². The second-order valence-corrected chi connectivity index (χ2v) is 4.77. The Morgan fingerprint density at radius 3 is 2.79 bits per heavy atom. The quantitative estimate of drug-likeness (QED) is 0.688. The molecule has 1 atom stereocenters. The molecule has 1 unspecified atom stereocenters. The second kappa shape index (κ2) is 8.86. The van der Waals surface area contributed by atoms with Gasteiger partial charge in [0.2, 0.25) is 0 Å². The first-order valence-corrected chi connectivity index (χ1v) is 6.94. The van der Waals surface area contributed by atoms with Gasteiger partial charge in [-0.15, -0.1) is 0 Å². The molecule has 0 aliphatic carbocycles. The molecule has 1 rings (SSSR count). The van der Waals surface area contributed by atoms with Gasteiger partial charge in [-0.1, -0.05) is 26.2 Å². The maximum absolute atomic E-state index is 13.2. The predicted octanol–water partition coefficient (Wildman–Crippen LogP) is 3.90. The van der Waals surface area contributed by atoms with Crippen molar-refractivity contribution in [2.24, 2.45) is 0 Å². The van der Waals surface area contributed by atoms with Crippen molar-refractivity contribution in [3.8, 4) is 5.75 Å². The highest BCUT2D eigenvalue weighted by Gasteiger charge is 2.05. The second-order valence-electron chi connectivity index (χ2n) is 4.77. The molecule has 0 amide bonds. The lowest BCUT2D eigenvalue weighted by atomic mass is 10.1. The smallest absolute Gasteiger partial charge is 0.165 e. The molecule has 1 N–H and O–H groups in total. The highest BCUT2D eigenvalue weighted by atomic mass is 19.1. The lowest BCUT2D eigenvalue weighted by molar-refractivity contribution is 0.289. The summed E-state index contributed by atoms with van der Waals surface area (Å²) in [6.45, 7) is 5.26. The Hall–Kier alpha value is -1.16. The van der Waals surface area contributed by atoms with E-state index in [1.165, 1.54) is 19.3 Å². The van der Waals surface area contributed by atoms with Crippen molar-refractivity contribution in [2.45, 2.75) is 45.6 Å². The van der Waals surface area contributed by atoms with Crippen molar-refractivity contribution in [1.29, 1.82) is 0 Å². The minimum Gasteiger partial charge on any atom is -0.489 e. The monoisotopic (exact) mass is 271 g/mol. The normalized spacial score (nSPS) is 12.4. The minimum atomic E-state index is -0.530. The van der Waals surface area contributed by atoms with Crippen LogP contribution in [0.5, 0.6) is 5.75 Å². The number of nitrogens with one attached hydrogen (secondary N) is 1. The van der Waals surface area contributed by atoms with Gasteiger partial charge in [0, 0.05) is 18.7 Å². The van der Waals surface area contributed by atoms with Crippen LogP contribution < -0.4 is 10.1 Å². The fraction of sp³-hybridized carbons (Fsp3) is 0.600. The van der Waals surface area contributed by atoms with E-state index in [4.69, 9.17) is 4.74 Å². The molecule has 0 heterocycles. The SMILES string of the molecule is CCCCCC(C)NCCOc1cc(F)ccc1F. The largest absolute Gasteiger partial charge is 0.489 e. The van der Waals surface area contributed by atoms with Gasteiger partial charge in [0.1, 0.15) is 12.4 Å². The molecule has 108 valence electrons. The van der Waals surface area contributed by atoms with E-state index in [0.29, 0.717) is 19.2 Å². The number of hydrogen-bond acceptors (Lipinski definition) is 2. The lowest BCUT2D eigenvalue weighted by Crippen LogP contribution is -2.30. The Morgan fingerprint density at radius 2 is 2.05 bits per heavy atom. The summed E-state index contributed by atoms with van der Waals surface area (Å²) in [5, 5.41) is 3.30. The van der Waals surface area contributed by atoms with Crippen molar-refractivity contribution in [1.82, 2.24) is 5.32 Å². The first-order valence-electron chi connectivity index (χ1n) is 6.94. The van der Waals surface area contributed by atoms with Crippen molar-refractivity contribution < 1.29 is 13.5 Å². The van der Waals surface area contributed by atoms with E-state index in [1.807, 2.05) is 0 Å². The van der Waals surface area contributed by atoms with Crippen LogP contribution in [0.1, 0.15) is 39.5 Å². The van der Waals surface area contributed by atoms with Gasteiger partial charge in [-0.2, -0.15) is 0 Å². The van der Waals surface area contributed by atoms with Crippen LogP contribution in [0.2, 0.25) is 0 Å². The number of benzene rings is 1. The third-order valence-electron chi connectivity index (χ3n) is 2.99. The van der Waals surface area contributed by atoms with Gasteiger partial charge < -0.3 is 10.1 Å². The molecular weight excluding hydrogens is 248 g/mol. The van der Waals surface area contributed by atoms with E-state index in [0.717, 1.165) is 24.6 Å². The van der Waals surface area contributed by atoms with Gasteiger partial charge in [-0.25, -0.2) is 8.78 Å². The van der Waals surface area contributed by atoms with E-state index in [9.17, 15) is 8.78 Å². The third-order valence-corrected chi connectivity index (χ3v) is 2.99. The van der Waals surface area contributed by atoms with Crippen LogP contribution in [-0.2, 0) is 0 Å².